The van der Waals surface area contributed by atoms with Crippen molar-refractivity contribution < 1.29 is 17.9 Å². The van der Waals surface area contributed by atoms with Crippen LogP contribution in [0.15, 0.2) is 54.6 Å². The fourth-order valence-electron chi connectivity index (χ4n) is 3.23. The second kappa shape index (κ2) is 9.26. The van der Waals surface area contributed by atoms with E-state index in [1.807, 2.05) is 18.2 Å². The summed E-state index contributed by atoms with van der Waals surface area (Å²) in [6.45, 7) is 1.26. The first kappa shape index (κ1) is 20.6. The van der Waals surface area contributed by atoms with Crippen molar-refractivity contribution in [2.45, 2.75) is 37.8 Å². The SMILES string of the molecule is Cl.FC(F)(F)Oc1ccccc1CN[C@H]1CCCN[C@H]1c1ccccc1. The minimum atomic E-state index is -4.69. The van der Waals surface area contributed by atoms with E-state index >= 15 is 0 Å². The zero-order valence-electron chi connectivity index (χ0n) is 14.1. The van der Waals surface area contributed by atoms with Gasteiger partial charge in [-0.15, -0.1) is 25.6 Å². The van der Waals surface area contributed by atoms with Crippen molar-refractivity contribution in [2.24, 2.45) is 0 Å². The minimum absolute atomic E-state index is 0. The molecule has 1 heterocycles. The predicted octanol–water partition coefficient (Wildman–Crippen LogP) is 4.59. The molecule has 3 rings (SSSR count). The second-order valence-corrected chi connectivity index (χ2v) is 6.13. The first-order valence-corrected chi connectivity index (χ1v) is 8.38. The summed E-state index contributed by atoms with van der Waals surface area (Å²) in [5.74, 6) is -0.150. The number of halogens is 4. The Morgan fingerprint density at radius 3 is 2.46 bits per heavy atom. The number of rotatable bonds is 5. The van der Waals surface area contributed by atoms with Gasteiger partial charge in [-0.2, -0.15) is 0 Å². The molecule has 2 atom stereocenters. The number of ether oxygens (including phenoxy) is 1. The third kappa shape index (κ3) is 5.62. The molecular weight excluding hydrogens is 365 g/mol. The molecule has 1 aliphatic rings. The van der Waals surface area contributed by atoms with Crippen molar-refractivity contribution in [3.05, 3.63) is 65.7 Å². The average molecular weight is 387 g/mol. The monoisotopic (exact) mass is 386 g/mol. The van der Waals surface area contributed by atoms with Crippen molar-refractivity contribution in [3.63, 3.8) is 0 Å². The van der Waals surface area contributed by atoms with Crippen LogP contribution in [0, 0.1) is 0 Å². The second-order valence-electron chi connectivity index (χ2n) is 6.13. The molecule has 2 N–H and O–H groups in total. The molecule has 2 aromatic carbocycles. The molecule has 1 saturated heterocycles. The van der Waals surface area contributed by atoms with Gasteiger partial charge in [-0.05, 0) is 31.0 Å². The quantitative estimate of drug-likeness (QED) is 0.788. The Morgan fingerprint density at radius 2 is 1.73 bits per heavy atom. The normalized spacial score (nSPS) is 20.3. The van der Waals surface area contributed by atoms with Gasteiger partial charge < -0.3 is 15.4 Å². The summed E-state index contributed by atoms with van der Waals surface area (Å²) >= 11 is 0. The molecule has 0 amide bonds. The lowest BCUT2D eigenvalue weighted by Crippen LogP contribution is -2.45. The summed E-state index contributed by atoms with van der Waals surface area (Å²) in [5, 5.41) is 6.90. The molecule has 0 unspecified atom stereocenters. The van der Waals surface area contributed by atoms with Crippen LogP contribution in [0.25, 0.3) is 0 Å². The van der Waals surface area contributed by atoms with E-state index in [0.717, 1.165) is 19.4 Å². The Balaban J connectivity index is 0.00000243. The topological polar surface area (TPSA) is 33.3 Å². The molecule has 142 valence electrons. The number of benzene rings is 2. The summed E-state index contributed by atoms with van der Waals surface area (Å²) < 4.78 is 41.8. The average Bonchev–Trinajstić information content (AvgIpc) is 2.61. The zero-order chi connectivity index (χ0) is 17.7. The van der Waals surface area contributed by atoms with Gasteiger partial charge in [0, 0.05) is 24.2 Å². The third-order valence-electron chi connectivity index (χ3n) is 4.37. The fourth-order valence-corrected chi connectivity index (χ4v) is 3.23. The van der Waals surface area contributed by atoms with Crippen molar-refractivity contribution in [1.29, 1.82) is 0 Å². The molecule has 0 radical (unpaired) electrons. The smallest absolute Gasteiger partial charge is 0.405 e. The van der Waals surface area contributed by atoms with Gasteiger partial charge in [0.1, 0.15) is 5.75 Å². The molecule has 0 bridgehead atoms. The van der Waals surface area contributed by atoms with Crippen LogP contribution >= 0.6 is 12.4 Å². The molecule has 0 aliphatic carbocycles. The van der Waals surface area contributed by atoms with Gasteiger partial charge in [-0.3, -0.25) is 0 Å². The molecule has 7 heteroatoms. The number of hydrogen-bond acceptors (Lipinski definition) is 3. The van der Waals surface area contributed by atoms with E-state index in [-0.39, 0.29) is 30.2 Å². The summed E-state index contributed by atoms with van der Waals surface area (Å²) in [6, 6.07) is 16.6. The van der Waals surface area contributed by atoms with Crippen molar-refractivity contribution in [1.82, 2.24) is 10.6 Å². The van der Waals surface area contributed by atoms with E-state index in [0.29, 0.717) is 12.1 Å². The van der Waals surface area contributed by atoms with Gasteiger partial charge in [0.05, 0.1) is 0 Å². The van der Waals surface area contributed by atoms with Crippen molar-refractivity contribution >= 4 is 12.4 Å². The van der Waals surface area contributed by atoms with E-state index in [2.05, 4.69) is 27.5 Å². The highest BCUT2D eigenvalue weighted by atomic mass is 35.5. The van der Waals surface area contributed by atoms with Crippen molar-refractivity contribution in [3.8, 4) is 5.75 Å². The Bertz CT molecular complexity index is 682. The number of hydrogen-bond donors (Lipinski definition) is 2. The van der Waals surface area contributed by atoms with Crippen LogP contribution in [0.2, 0.25) is 0 Å². The zero-order valence-corrected chi connectivity index (χ0v) is 14.9. The van der Waals surface area contributed by atoms with E-state index in [1.54, 1.807) is 18.2 Å². The molecule has 26 heavy (non-hydrogen) atoms. The number of alkyl halides is 3. The lowest BCUT2D eigenvalue weighted by molar-refractivity contribution is -0.274. The number of nitrogens with one attached hydrogen (secondary N) is 2. The first-order chi connectivity index (χ1) is 12.0. The Kier molecular flexibility index (Phi) is 7.32. The standard InChI is InChI=1S/C19H21F3N2O.ClH/c20-19(21,22)25-17-11-5-4-9-15(17)13-24-16-10-6-12-23-18(16)14-7-2-1-3-8-14;/h1-5,7-9,11,16,18,23-24H,6,10,12-13H2;1H/t16-,18-;/m0./s1. The molecular formula is C19H22ClF3N2O. The molecule has 0 saturated carbocycles. The third-order valence-corrected chi connectivity index (χ3v) is 4.37. The Hall–Kier alpha value is -1.76. The van der Waals surface area contributed by atoms with E-state index in [4.69, 9.17) is 0 Å². The van der Waals surface area contributed by atoms with Crippen LogP contribution in [0.4, 0.5) is 13.2 Å². The largest absolute Gasteiger partial charge is 0.573 e. The minimum Gasteiger partial charge on any atom is -0.405 e. The summed E-state index contributed by atoms with van der Waals surface area (Å²) in [5.41, 5.74) is 1.68. The first-order valence-electron chi connectivity index (χ1n) is 8.38. The maximum atomic E-state index is 12.5. The maximum absolute atomic E-state index is 12.5. The van der Waals surface area contributed by atoms with Gasteiger partial charge in [0.25, 0.3) is 0 Å². The van der Waals surface area contributed by atoms with Crippen LogP contribution in [0.3, 0.4) is 0 Å². The van der Waals surface area contributed by atoms with Crippen LogP contribution < -0.4 is 15.4 Å². The van der Waals surface area contributed by atoms with Gasteiger partial charge >= 0.3 is 6.36 Å². The van der Waals surface area contributed by atoms with Gasteiger partial charge in [-0.1, -0.05) is 48.5 Å². The van der Waals surface area contributed by atoms with E-state index in [9.17, 15) is 13.2 Å². The lowest BCUT2D eigenvalue weighted by Gasteiger charge is -2.34. The Morgan fingerprint density at radius 1 is 1.04 bits per heavy atom. The highest BCUT2D eigenvalue weighted by Crippen LogP contribution is 2.28. The molecule has 0 spiro atoms. The maximum Gasteiger partial charge on any atom is 0.573 e. The van der Waals surface area contributed by atoms with Gasteiger partial charge in [-0.25, -0.2) is 0 Å². The molecule has 0 aromatic heterocycles. The molecule has 1 fully saturated rings. The highest BCUT2D eigenvalue weighted by Gasteiger charge is 2.32. The Labute approximate surface area is 157 Å². The number of piperidine rings is 1. The van der Waals surface area contributed by atoms with Crippen LogP contribution in [0.5, 0.6) is 5.75 Å². The number of para-hydroxylation sites is 1. The van der Waals surface area contributed by atoms with E-state index in [1.165, 1.54) is 11.6 Å². The summed E-state index contributed by atoms with van der Waals surface area (Å²) in [4.78, 5) is 0. The molecule has 3 nitrogen and oxygen atoms in total. The fraction of sp³-hybridized carbons (Fsp3) is 0.368. The van der Waals surface area contributed by atoms with Gasteiger partial charge in [0.15, 0.2) is 0 Å². The lowest BCUT2D eigenvalue weighted by atomic mass is 9.92. The molecule has 1 aliphatic heterocycles. The van der Waals surface area contributed by atoms with Crippen LogP contribution in [-0.4, -0.2) is 18.9 Å². The highest BCUT2D eigenvalue weighted by molar-refractivity contribution is 5.85. The van der Waals surface area contributed by atoms with Gasteiger partial charge in [0.2, 0.25) is 0 Å². The predicted molar refractivity (Wildman–Crippen MR) is 97.4 cm³/mol. The van der Waals surface area contributed by atoms with Crippen molar-refractivity contribution in [2.75, 3.05) is 6.54 Å². The molecule has 2 aromatic rings. The van der Waals surface area contributed by atoms with Crippen LogP contribution in [0.1, 0.15) is 30.0 Å². The summed E-state index contributed by atoms with van der Waals surface area (Å²) in [6.07, 6.45) is -2.69. The van der Waals surface area contributed by atoms with E-state index < -0.39 is 6.36 Å². The summed E-state index contributed by atoms with van der Waals surface area (Å²) in [7, 11) is 0. The van der Waals surface area contributed by atoms with Crippen LogP contribution in [-0.2, 0) is 6.54 Å².